The molecule has 4 rings (SSSR count). The minimum Gasteiger partial charge on any atom is -0.444 e. The maximum atomic E-state index is 13.7. The maximum Gasteiger partial charge on any atom is 0.410 e. The van der Waals surface area contributed by atoms with Crippen molar-refractivity contribution in [1.82, 2.24) is 14.7 Å². The van der Waals surface area contributed by atoms with E-state index >= 15 is 0 Å². The van der Waals surface area contributed by atoms with Crippen molar-refractivity contribution >= 4 is 12.0 Å². The molecule has 2 amide bonds. The second kappa shape index (κ2) is 14.7. The lowest BCUT2D eigenvalue weighted by atomic mass is 9.92. The summed E-state index contributed by atoms with van der Waals surface area (Å²) in [4.78, 5) is 32.7. The van der Waals surface area contributed by atoms with Crippen molar-refractivity contribution in [3.05, 3.63) is 71.8 Å². The van der Waals surface area contributed by atoms with Gasteiger partial charge in [-0.25, -0.2) is 4.79 Å². The third-order valence-corrected chi connectivity index (χ3v) is 8.33. The van der Waals surface area contributed by atoms with Crippen molar-refractivity contribution in [2.75, 3.05) is 39.3 Å². The number of likely N-dealkylation sites (tertiary alicyclic amines) is 1. The Hall–Kier alpha value is -2.86. The van der Waals surface area contributed by atoms with Crippen LogP contribution in [0.3, 0.4) is 0 Å². The Morgan fingerprint density at radius 3 is 1.73 bits per heavy atom. The molecule has 218 valence electrons. The van der Waals surface area contributed by atoms with Gasteiger partial charge < -0.3 is 14.5 Å². The van der Waals surface area contributed by atoms with E-state index in [1.807, 2.05) is 25.7 Å². The Balaban J connectivity index is 1.25. The van der Waals surface area contributed by atoms with Crippen molar-refractivity contribution in [3.63, 3.8) is 0 Å². The SMILES string of the molecule is CC(C)(C)OC(=O)N1CCC(N2CCN(C(=O)C(CCCc3ccccc3)CCCc3ccccc3)CC2)CC1. The molecular weight excluding hydrogens is 498 g/mol. The smallest absolute Gasteiger partial charge is 0.410 e. The molecular formula is C34H49N3O3. The van der Waals surface area contributed by atoms with Crippen LogP contribution in [0.15, 0.2) is 60.7 Å². The Morgan fingerprint density at radius 2 is 1.25 bits per heavy atom. The van der Waals surface area contributed by atoms with Crippen LogP contribution >= 0.6 is 0 Å². The fourth-order valence-electron chi connectivity index (χ4n) is 6.09. The van der Waals surface area contributed by atoms with Gasteiger partial charge in [-0.1, -0.05) is 60.7 Å². The highest BCUT2D eigenvalue weighted by molar-refractivity contribution is 5.79. The van der Waals surface area contributed by atoms with Gasteiger partial charge in [0.2, 0.25) is 5.91 Å². The highest BCUT2D eigenvalue weighted by atomic mass is 16.6. The lowest BCUT2D eigenvalue weighted by Crippen LogP contribution is -2.55. The first-order valence-electron chi connectivity index (χ1n) is 15.4. The van der Waals surface area contributed by atoms with Gasteiger partial charge >= 0.3 is 6.09 Å². The highest BCUT2D eigenvalue weighted by Crippen LogP contribution is 2.24. The zero-order chi connectivity index (χ0) is 28.4. The molecule has 0 bridgehead atoms. The number of hydrogen-bond donors (Lipinski definition) is 0. The van der Waals surface area contributed by atoms with E-state index < -0.39 is 5.60 Å². The average molecular weight is 548 g/mol. The molecule has 40 heavy (non-hydrogen) atoms. The van der Waals surface area contributed by atoms with Gasteiger partial charge in [-0.3, -0.25) is 9.69 Å². The Labute approximate surface area is 241 Å². The number of rotatable bonds is 10. The number of piperazine rings is 1. The van der Waals surface area contributed by atoms with Gasteiger partial charge in [0.25, 0.3) is 0 Å². The molecule has 2 saturated heterocycles. The summed E-state index contributed by atoms with van der Waals surface area (Å²) in [5, 5.41) is 0. The zero-order valence-electron chi connectivity index (χ0n) is 24.9. The van der Waals surface area contributed by atoms with Crippen molar-refractivity contribution in [1.29, 1.82) is 0 Å². The summed E-state index contributed by atoms with van der Waals surface area (Å²) in [7, 11) is 0. The number of aryl methyl sites for hydroxylation is 2. The minimum atomic E-state index is -0.461. The van der Waals surface area contributed by atoms with Crippen LogP contribution in [0.25, 0.3) is 0 Å². The van der Waals surface area contributed by atoms with Crippen molar-refractivity contribution in [2.24, 2.45) is 5.92 Å². The van der Waals surface area contributed by atoms with Crippen LogP contribution in [-0.4, -0.2) is 77.6 Å². The largest absolute Gasteiger partial charge is 0.444 e. The van der Waals surface area contributed by atoms with E-state index in [0.717, 1.165) is 90.6 Å². The standard InChI is InChI=1S/C34H49N3O3/c1-34(2,3)40-33(39)37-22-20-31(21-23-37)35-24-26-36(27-25-35)32(38)30(18-10-16-28-12-6-4-7-13-28)19-11-17-29-14-8-5-9-15-29/h4-9,12-15,30-31H,10-11,16-27H2,1-3H3. The molecule has 0 atom stereocenters. The highest BCUT2D eigenvalue weighted by Gasteiger charge is 2.33. The summed E-state index contributed by atoms with van der Waals surface area (Å²) in [6.45, 7) is 10.7. The number of amides is 2. The van der Waals surface area contributed by atoms with Crippen LogP contribution < -0.4 is 0 Å². The van der Waals surface area contributed by atoms with Gasteiger partial charge in [0.05, 0.1) is 0 Å². The molecule has 6 heteroatoms. The quantitative estimate of drug-likeness (QED) is 0.356. The van der Waals surface area contributed by atoms with E-state index in [1.165, 1.54) is 11.1 Å². The summed E-state index contributed by atoms with van der Waals surface area (Å²) in [5.41, 5.74) is 2.24. The van der Waals surface area contributed by atoms with E-state index in [9.17, 15) is 9.59 Å². The Bertz CT molecular complexity index is 992. The number of hydrogen-bond acceptors (Lipinski definition) is 4. The molecule has 0 saturated carbocycles. The van der Waals surface area contributed by atoms with Crippen LogP contribution in [-0.2, 0) is 22.4 Å². The van der Waals surface area contributed by atoms with Gasteiger partial charge in [-0.15, -0.1) is 0 Å². The van der Waals surface area contributed by atoms with Gasteiger partial charge in [0, 0.05) is 51.2 Å². The number of nitrogens with zero attached hydrogens (tertiary/aromatic N) is 3. The molecule has 0 N–H and O–H groups in total. The summed E-state index contributed by atoms with van der Waals surface area (Å²) < 4.78 is 5.56. The number of benzene rings is 2. The van der Waals surface area contributed by atoms with E-state index in [0.29, 0.717) is 11.9 Å². The topological polar surface area (TPSA) is 53.1 Å². The van der Waals surface area contributed by atoms with E-state index in [1.54, 1.807) is 0 Å². The first kappa shape index (κ1) is 30.1. The summed E-state index contributed by atoms with van der Waals surface area (Å²) >= 11 is 0. The van der Waals surface area contributed by atoms with Crippen LogP contribution in [0.5, 0.6) is 0 Å². The predicted octanol–water partition coefficient (Wildman–Crippen LogP) is 6.19. The Kier molecular flexibility index (Phi) is 11.0. The normalized spacial score (nSPS) is 17.3. The molecule has 2 aliphatic rings. The molecule has 2 heterocycles. The summed E-state index contributed by atoms with van der Waals surface area (Å²) in [6, 6.07) is 21.7. The third kappa shape index (κ3) is 9.36. The van der Waals surface area contributed by atoms with Crippen LogP contribution in [0.1, 0.15) is 70.4 Å². The van der Waals surface area contributed by atoms with E-state index in [4.69, 9.17) is 4.74 Å². The Morgan fingerprint density at radius 1 is 0.750 bits per heavy atom. The summed E-state index contributed by atoms with van der Waals surface area (Å²) in [6.07, 6.45) is 7.77. The van der Waals surface area contributed by atoms with Gasteiger partial charge in [0.15, 0.2) is 0 Å². The second-order valence-corrected chi connectivity index (χ2v) is 12.5. The summed E-state index contributed by atoms with van der Waals surface area (Å²) in [5.74, 6) is 0.441. The first-order valence-corrected chi connectivity index (χ1v) is 15.4. The molecule has 0 aromatic heterocycles. The van der Waals surface area contributed by atoms with Gasteiger partial charge in [0.1, 0.15) is 5.60 Å². The van der Waals surface area contributed by atoms with Crippen molar-refractivity contribution in [2.45, 2.75) is 83.8 Å². The molecule has 2 aromatic rings. The molecule has 0 unspecified atom stereocenters. The first-order chi connectivity index (χ1) is 19.3. The van der Waals surface area contributed by atoms with Crippen LogP contribution in [0.2, 0.25) is 0 Å². The van der Waals surface area contributed by atoms with Crippen molar-refractivity contribution in [3.8, 4) is 0 Å². The zero-order valence-corrected chi connectivity index (χ0v) is 24.9. The molecule has 0 radical (unpaired) electrons. The van der Waals surface area contributed by atoms with Gasteiger partial charge in [-0.2, -0.15) is 0 Å². The third-order valence-electron chi connectivity index (χ3n) is 8.33. The molecule has 2 aromatic carbocycles. The number of piperidine rings is 1. The fraction of sp³-hybridized carbons (Fsp3) is 0.588. The molecule has 6 nitrogen and oxygen atoms in total. The average Bonchev–Trinajstić information content (AvgIpc) is 2.96. The fourth-order valence-corrected chi connectivity index (χ4v) is 6.09. The number of carbonyl (C=O) groups is 2. The molecule has 0 spiro atoms. The van der Waals surface area contributed by atoms with Crippen molar-refractivity contribution < 1.29 is 14.3 Å². The second-order valence-electron chi connectivity index (χ2n) is 12.5. The lowest BCUT2D eigenvalue weighted by Gasteiger charge is -2.43. The van der Waals surface area contributed by atoms with Gasteiger partial charge in [-0.05, 0) is 83.3 Å². The van der Waals surface area contributed by atoms with E-state index in [2.05, 4.69) is 70.5 Å². The lowest BCUT2D eigenvalue weighted by molar-refractivity contribution is -0.138. The predicted molar refractivity (Wildman–Crippen MR) is 161 cm³/mol. The van der Waals surface area contributed by atoms with Crippen LogP contribution in [0.4, 0.5) is 4.79 Å². The molecule has 2 fully saturated rings. The van der Waals surface area contributed by atoms with E-state index in [-0.39, 0.29) is 12.0 Å². The minimum absolute atomic E-state index is 0.0936. The van der Waals surface area contributed by atoms with Crippen LogP contribution in [0, 0.1) is 5.92 Å². The monoisotopic (exact) mass is 547 g/mol. The maximum absolute atomic E-state index is 13.7. The number of carbonyl (C=O) groups excluding carboxylic acids is 2. The molecule has 2 aliphatic heterocycles. The number of ether oxygens (including phenoxy) is 1. The molecule has 0 aliphatic carbocycles.